The van der Waals surface area contributed by atoms with E-state index in [2.05, 4.69) is 31.3 Å². The molecule has 1 aliphatic heterocycles. The number of piperazine rings is 1. The van der Waals surface area contributed by atoms with Crippen LogP contribution in [-0.2, 0) is 11.2 Å². The lowest BCUT2D eigenvalue weighted by atomic mass is 10.1. The van der Waals surface area contributed by atoms with Gasteiger partial charge in [0.1, 0.15) is 0 Å². The number of nitrogens with one attached hydrogen (secondary N) is 1. The second kappa shape index (κ2) is 6.01. The van der Waals surface area contributed by atoms with E-state index in [1.807, 2.05) is 23.1 Å². The number of rotatable bonds is 3. The highest BCUT2D eigenvalue weighted by atomic mass is 16.2. The highest BCUT2D eigenvalue weighted by Gasteiger charge is 2.25. The van der Waals surface area contributed by atoms with Crippen molar-refractivity contribution in [3.63, 3.8) is 0 Å². The molecule has 0 aromatic heterocycles. The van der Waals surface area contributed by atoms with Gasteiger partial charge in [0.2, 0.25) is 5.91 Å². The number of benzene rings is 1. The molecule has 0 saturated carbocycles. The van der Waals surface area contributed by atoms with E-state index < -0.39 is 0 Å². The molecule has 0 bridgehead atoms. The summed E-state index contributed by atoms with van der Waals surface area (Å²) in [5, 5.41) is 3.40. The Balaban J connectivity index is 1.87. The first-order valence-electron chi connectivity index (χ1n) is 6.73. The molecule has 2 atom stereocenters. The molecule has 1 fully saturated rings. The zero-order valence-corrected chi connectivity index (χ0v) is 11.2. The van der Waals surface area contributed by atoms with Crippen molar-refractivity contribution >= 4 is 5.91 Å². The standard InChI is InChI=1S/C15H22N2O/c1-12-11-17(13(2)10-16-12)15(18)9-8-14-6-4-3-5-7-14/h3-7,12-13,16H,8-11H2,1-2H3/t12-,13+/m0/s1. The van der Waals surface area contributed by atoms with Gasteiger partial charge < -0.3 is 10.2 Å². The van der Waals surface area contributed by atoms with Crippen LogP contribution in [0, 0.1) is 0 Å². The molecule has 0 radical (unpaired) electrons. The summed E-state index contributed by atoms with van der Waals surface area (Å²) < 4.78 is 0. The molecule has 18 heavy (non-hydrogen) atoms. The predicted molar refractivity (Wildman–Crippen MR) is 73.4 cm³/mol. The molecule has 2 rings (SSSR count). The average molecular weight is 246 g/mol. The van der Waals surface area contributed by atoms with Gasteiger partial charge in [-0.15, -0.1) is 0 Å². The Labute approximate surface area is 109 Å². The largest absolute Gasteiger partial charge is 0.337 e. The van der Waals surface area contributed by atoms with Crippen molar-refractivity contribution < 1.29 is 4.79 Å². The third-order valence-corrected chi connectivity index (χ3v) is 3.56. The summed E-state index contributed by atoms with van der Waals surface area (Å²) in [4.78, 5) is 14.2. The topological polar surface area (TPSA) is 32.3 Å². The minimum Gasteiger partial charge on any atom is -0.337 e. The Morgan fingerprint density at radius 1 is 1.33 bits per heavy atom. The Morgan fingerprint density at radius 2 is 2.06 bits per heavy atom. The van der Waals surface area contributed by atoms with Crippen molar-refractivity contribution in [3.8, 4) is 0 Å². The van der Waals surface area contributed by atoms with E-state index >= 15 is 0 Å². The van der Waals surface area contributed by atoms with E-state index in [1.54, 1.807) is 0 Å². The van der Waals surface area contributed by atoms with Crippen LogP contribution in [-0.4, -0.2) is 36.0 Å². The maximum absolute atomic E-state index is 12.2. The SMILES string of the molecule is C[C@@H]1CN[C@@H](C)CN1C(=O)CCc1ccccc1. The fourth-order valence-corrected chi connectivity index (χ4v) is 2.41. The normalized spacial score (nSPS) is 24.0. The Hall–Kier alpha value is -1.35. The van der Waals surface area contributed by atoms with E-state index in [1.165, 1.54) is 5.56 Å². The van der Waals surface area contributed by atoms with Gasteiger partial charge in [0.15, 0.2) is 0 Å². The summed E-state index contributed by atoms with van der Waals surface area (Å²) in [6, 6.07) is 10.9. The number of hydrogen-bond donors (Lipinski definition) is 1. The van der Waals surface area contributed by atoms with Crippen molar-refractivity contribution in [2.75, 3.05) is 13.1 Å². The number of hydrogen-bond acceptors (Lipinski definition) is 2. The van der Waals surface area contributed by atoms with Gasteiger partial charge in [-0.2, -0.15) is 0 Å². The molecule has 1 heterocycles. The van der Waals surface area contributed by atoms with E-state index in [-0.39, 0.29) is 5.91 Å². The monoisotopic (exact) mass is 246 g/mol. The smallest absolute Gasteiger partial charge is 0.223 e. The minimum absolute atomic E-state index is 0.278. The van der Waals surface area contributed by atoms with Crippen molar-refractivity contribution in [1.29, 1.82) is 0 Å². The summed E-state index contributed by atoms with van der Waals surface area (Å²) in [7, 11) is 0. The van der Waals surface area contributed by atoms with Crippen LogP contribution in [0.3, 0.4) is 0 Å². The predicted octanol–water partition coefficient (Wildman–Crippen LogP) is 1.83. The number of aryl methyl sites for hydroxylation is 1. The summed E-state index contributed by atoms with van der Waals surface area (Å²) in [5.41, 5.74) is 1.24. The van der Waals surface area contributed by atoms with Gasteiger partial charge in [0, 0.05) is 31.6 Å². The first kappa shape index (κ1) is 13.1. The Kier molecular flexibility index (Phi) is 4.37. The molecule has 1 aromatic carbocycles. The van der Waals surface area contributed by atoms with Crippen molar-refractivity contribution in [2.45, 2.75) is 38.8 Å². The first-order valence-corrected chi connectivity index (χ1v) is 6.73. The third-order valence-electron chi connectivity index (χ3n) is 3.56. The number of carbonyl (C=O) groups is 1. The molecule has 1 aliphatic rings. The van der Waals surface area contributed by atoms with E-state index in [9.17, 15) is 4.79 Å². The van der Waals surface area contributed by atoms with Gasteiger partial charge in [0.05, 0.1) is 0 Å². The highest BCUT2D eigenvalue weighted by Crippen LogP contribution is 2.11. The van der Waals surface area contributed by atoms with Crippen molar-refractivity contribution in [1.82, 2.24) is 10.2 Å². The zero-order chi connectivity index (χ0) is 13.0. The van der Waals surface area contributed by atoms with Crippen LogP contribution < -0.4 is 5.32 Å². The molecule has 3 nitrogen and oxygen atoms in total. The minimum atomic E-state index is 0.278. The van der Waals surface area contributed by atoms with Crippen LogP contribution in [0.4, 0.5) is 0 Å². The van der Waals surface area contributed by atoms with Crippen LogP contribution in [0.25, 0.3) is 0 Å². The fraction of sp³-hybridized carbons (Fsp3) is 0.533. The van der Waals surface area contributed by atoms with Crippen LogP contribution >= 0.6 is 0 Å². The second-order valence-corrected chi connectivity index (χ2v) is 5.19. The van der Waals surface area contributed by atoms with Crippen molar-refractivity contribution in [2.24, 2.45) is 0 Å². The lowest BCUT2D eigenvalue weighted by Crippen LogP contribution is -2.56. The van der Waals surface area contributed by atoms with Gasteiger partial charge in [-0.3, -0.25) is 4.79 Å². The summed E-state index contributed by atoms with van der Waals surface area (Å²) >= 11 is 0. The second-order valence-electron chi connectivity index (χ2n) is 5.19. The number of carbonyl (C=O) groups excluding carboxylic acids is 1. The van der Waals surface area contributed by atoms with Gasteiger partial charge in [-0.25, -0.2) is 0 Å². The van der Waals surface area contributed by atoms with E-state index in [0.29, 0.717) is 18.5 Å². The van der Waals surface area contributed by atoms with Gasteiger partial charge in [0.25, 0.3) is 0 Å². The Morgan fingerprint density at radius 3 is 2.78 bits per heavy atom. The number of amides is 1. The highest BCUT2D eigenvalue weighted by molar-refractivity contribution is 5.77. The molecule has 3 heteroatoms. The third kappa shape index (κ3) is 3.33. The van der Waals surface area contributed by atoms with Gasteiger partial charge in [-0.1, -0.05) is 30.3 Å². The summed E-state index contributed by atoms with van der Waals surface area (Å²) in [6.07, 6.45) is 1.45. The molecule has 98 valence electrons. The van der Waals surface area contributed by atoms with Crippen LogP contribution in [0.2, 0.25) is 0 Å². The maximum atomic E-state index is 12.2. The first-order chi connectivity index (χ1) is 8.66. The maximum Gasteiger partial charge on any atom is 0.223 e. The lowest BCUT2D eigenvalue weighted by molar-refractivity contribution is -0.134. The molecule has 1 saturated heterocycles. The van der Waals surface area contributed by atoms with Crippen molar-refractivity contribution in [3.05, 3.63) is 35.9 Å². The van der Waals surface area contributed by atoms with Crippen LogP contribution in [0.5, 0.6) is 0 Å². The molecule has 0 unspecified atom stereocenters. The fourth-order valence-electron chi connectivity index (χ4n) is 2.41. The molecular weight excluding hydrogens is 224 g/mol. The molecule has 0 aliphatic carbocycles. The summed E-state index contributed by atoms with van der Waals surface area (Å²) in [5.74, 6) is 0.278. The quantitative estimate of drug-likeness (QED) is 0.882. The number of nitrogens with zero attached hydrogens (tertiary/aromatic N) is 1. The molecule has 0 spiro atoms. The molecule has 1 aromatic rings. The molecule has 1 amide bonds. The lowest BCUT2D eigenvalue weighted by Gasteiger charge is -2.37. The Bertz CT molecular complexity index is 391. The van der Waals surface area contributed by atoms with Gasteiger partial charge in [-0.05, 0) is 25.8 Å². The molecule has 1 N–H and O–H groups in total. The molecular formula is C15H22N2O. The van der Waals surface area contributed by atoms with Crippen LogP contribution in [0.15, 0.2) is 30.3 Å². The zero-order valence-electron chi connectivity index (χ0n) is 11.2. The average Bonchev–Trinajstić information content (AvgIpc) is 2.40. The van der Waals surface area contributed by atoms with E-state index in [4.69, 9.17) is 0 Å². The van der Waals surface area contributed by atoms with E-state index in [0.717, 1.165) is 19.5 Å². The summed E-state index contributed by atoms with van der Waals surface area (Å²) in [6.45, 7) is 5.97. The van der Waals surface area contributed by atoms with Crippen LogP contribution in [0.1, 0.15) is 25.8 Å². The van der Waals surface area contributed by atoms with Gasteiger partial charge >= 0.3 is 0 Å².